The van der Waals surface area contributed by atoms with Gasteiger partial charge in [0.05, 0.1) is 0 Å². The van der Waals surface area contributed by atoms with Crippen LogP contribution in [0, 0.1) is 11.8 Å². The van der Waals surface area contributed by atoms with E-state index in [1.54, 1.807) is 22.8 Å². The number of hydrogen-bond donors (Lipinski definition) is 1. The predicted molar refractivity (Wildman–Crippen MR) is 140 cm³/mol. The van der Waals surface area contributed by atoms with Gasteiger partial charge in [-0.3, -0.25) is 19.1 Å². The van der Waals surface area contributed by atoms with Gasteiger partial charge in [0.2, 0.25) is 5.43 Å². The summed E-state index contributed by atoms with van der Waals surface area (Å²) in [5.41, 5.74) is 4.80. The number of carbonyl (C=O) groups excluding carboxylic acids is 2. The van der Waals surface area contributed by atoms with E-state index in [1.807, 2.05) is 60.7 Å². The van der Waals surface area contributed by atoms with Crippen LogP contribution in [0.15, 0.2) is 77.7 Å². The van der Waals surface area contributed by atoms with Crippen molar-refractivity contribution in [2.45, 2.75) is 45.9 Å². The first-order chi connectivity index (χ1) is 17.3. The molecule has 1 N–H and O–H groups in total. The number of hydrogen-bond acceptors (Lipinski definition) is 5. The molecule has 2 atom stereocenters. The highest BCUT2D eigenvalue weighted by molar-refractivity contribution is 5.97. The Morgan fingerprint density at radius 1 is 1.00 bits per heavy atom. The van der Waals surface area contributed by atoms with Crippen molar-refractivity contribution in [2.75, 3.05) is 12.5 Å². The Balaban J connectivity index is 1.53. The number of fused-ring (bicyclic) bond motifs is 1. The summed E-state index contributed by atoms with van der Waals surface area (Å²) in [6, 6.07) is 20.2. The Bertz CT molecular complexity index is 1250. The number of carbonyl (C=O) groups is 2. The van der Waals surface area contributed by atoms with Gasteiger partial charge in [-0.05, 0) is 30.2 Å². The first kappa shape index (κ1) is 25.2. The van der Waals surface area contributed by atoms with E-state index in [0.717, 1.165) is 12.0 Å². The number of amides is 1. The van der Waals surface area contributed by atoms with Crippen LogP contribution in [0.3, 0.4) is 0 Å². The van der Waals surface area contributed by atoms with Crippen LogP contribution < -0.4 is 15.6 Å². The van der Waals surface area contributed by atoms with E-state index in [-0.39, 0.29) is 47.3 Å². The van der Waals surface area contributed by atoms with Crippen molar-refractivity contribution in [1.82, 2.24) is 9.58 Å². The van der Waals surface area contributed by atoms with Gasteiger partial charge in [-0.25, -0.2) is 0 Å². The largest absolute Gasteiger partial charge is 0.482 e. The fourth-order valence-electron chi connectivity index (χ4n) is 4.71. The lowest BCUT2D eigenvalue weighted by atomic mass is 9.87. The van der Waals surface area contributed by atoms with Gasteiger partial charge in [0.15, 0.2) is 17.2 Å². The SMILES string of the molecule is CC(C)CC(CC(=O)c1ccccc1)CC1Nn2ccc(=O)c(OCc3ccccc3)c2C(=O)N1C. The molecule has 2 unspecified atom stereocenters. The molecule has 0 spiro atoms. The number of benzene rings is 2. The third kappa shape index (κ3) is 5.85. The predicted octanol–water partition coefficient (Wildman–Crippen LogP) is 4.71. The molecule has 1 amide bonds. The average molecular weight is 488 g/mol. The maximum absolute atomic E-state index is 13.4. The highest BCUT2D eigenvalue weighted by Crippen LogP contribution is 2.28. The number of aromatic nitrogens is 1. The van der Waals surface area contributed by atoms with Crippen molar-refractivity contribution in [3.63, 3.8) is 0 Å². The van der Waals surface area contributed by atoms with Crippen molar-refractivity contribution in [1.29, 1.82) is 0 Å². The van der Waals surface area contributed by atoms with E-state index in [1.165, 1.54) is 6.07 Å². The second-order valence-corrected chi connectivity index (χ2v) is 9.79. The minimum atomic E-state index is -0.342. The lowest BCUT2D eigenvalue weighted by molar-refractivity contribution is 0.0656. The van der Waals surface area contributed by atoms with Gasteiger partial charge in [0, 0.05) is 31.3 Å². The first-order valence-electron chi connectivity index (χ1n) is 12.4. The molecule has 3 aromatic rings. The molecule has 188 valence electrons. The maximum atomic E-state index is 13.4. The third-order valence-corrected chi connectivity index (χ3v) is 6.49. The monoisotopic (exact) mass is 487 g/mol. The van der Waals surface area contributed by atoms with Gasteiger partial charge < -0.3 is 15.1 Å². The summed E-state index contributed by atoms with van der Waals surface area (Å²) in [6.07, 6.45) is 3.11. The minimum absolute atomic E-state index is 0.0298. The molecule has 36 heavy (non-hydrogen) atoms. The van der Waals surface area contributed by atoms with Crippen molar-refractivity contribution in [3.8, 4) is 5.75 Å². The fourth-order valence-corrected chi connectivity index (χ4v) is 4.71. The number of ether oxygens (including phenoxy) is 1. The van der Waals surface area contributed by atoms with Crippen molar-refractivity contribution in [2.24, 2.45) is 11.8 Å². The van der Waals surface area contributed by atoms with E-state index in [4.69, 9.17) is 4.74 Å². The Morgan fingerprint density at radius 3 is 2.33 bits per heavy atom. The van der Waals surface area contributed by atoms with Crippen LogP contribution >= 0.6 is 0 Å². The van der Waals surface area contributed by atoms with Gasteiger partial charge in [0.1, 0.15) is 12.8 Å². The number of nitrogens with one attached hydrogen (secondary N) is 1. The molecule has 0 fully saturated rings. The fraction of sp³-hybridized carbons (Fsp3) is 0.345. The summed E-state index contributed by atoms with van der Waals surface area (Å²) in [4.78, 5) is 40.6. The molecule has 0 radical (unpaired) electrons. The molecular formula is C29H33N3O4. The van der Waals surface area contributed by atoms with Gasteiger partial charge in [-0.15, -0.1) is 0 Å². The van der Waals surface area contributed by atoms with Gasteiger partial charge in [-0.1, -0.05) is 74.5 Å². The molecule has 2 heterocycles. The summed E-state index contributed by atoms with van der Waals surface area (Å²) >= 11 is 0. The van der Waals surface area contributed by atoms with Gasteiger partial charge in [0.25, 0.3) is 5.91 Å². The molecule has 7 heteroatoms. The average Bonchev–Trinajstić information content (AvgIpc) is 2.87. The zero-order valence-corrected chi connectivity index (χ0v) is 21.0. The number of rotatable bonds is 10. The van der Waals surface area contributed by atoms with E-state index < -0.39 is 0 Å². The lowest BCUT2D eigenvalue weighted by Crippen LogP contribution is -2.53. The van der Waals surface area contributed by atoms with Crippen LogP contribution in [-0.4, -0.2) is 34.5 Å². The molecule has 1 aliphatic rings. The number of Topliss-reactive ketones (excluding diaryl/α,β-unsaturated/α-hetero) is 1. The zero-order chi connectivity index (χ0) is 25.7. The smallest absolute Gasteiger partial charge is 0.277 e. The molecule has 2 aromatic carbocycles. The van der Waals surface area contributed by atoms with Crippen molar-refractivity contribution in [3.05, 3.63) is 100.0 Å². The second-order valence-electron chi connectivity index (χ2n) is 9.79. The third-order valence-electron chi connectivity index (χ3n) is 6.49. The standard InChI is InChI=1S/C29H33N3O4/c1-20(2)16-22(17-25(34)23-12-8-5-9-13-23)18-26-30-32-15-14-24(33)28(27(32)29(35)31(26)3)36-19-21-10-6-4-7-11-21/h4-15,20,22,26,30H,16-19H2,1-3H3. The summed E-state index contributed by atoms with van der Waals surface area (Å²) in [7, 11) is 1.72. The normalized spacial score (nSPS) is 15.8. The van der Waals surface area contributed by atoms with Crippen LogP contribution in [0.4, 0.5) is 0 Å². The van der Waals surface area contributed by atoms with Crippen LogP contribution in [0.5, 0.6) is 5.75 Å². The molecule has 4 rings (SSSR count). The summed E-state index contributed by atoms with van der Waals surface area (Å²) < 4.78 is 7.43. The number of ketones is 1. The van der Waals surface area contributed by atoms with Crippen molar-refractivity contribution < 1.29 is 14.3 Å². The Labute approximate surface area is 211 Å². The molecule has 0 aliphatic carbocycles. The van der Waals surface area contributed by atoms with Gasteiger partial charge >= 0.3 is 0 Å². The molecule has 7 nitrogen and oxygen atoms in total. The Hall–Kier alpha value is -3.87. The highest BCUT2D eigenvalue weighted by Gasteiger charge is 2.34. The Morgan fingerprint density at radius 2 is 1.67 bits per heavy atom. The lowest BCUT2D eigenvalue weighted by Gasteiger charge is -2.38. The quantitative estimate of drug-likeness (QED) is 0.419. The van der Waals surface area contributed by atoms with Crippen molar-refractivity contribution >= 4 is 11.7 Å². The maximum Gasteiger partial charge on any atom is 0.277 e. The zero-order valence-electron chi connectivity index (χ0n) is 21.0. The van der Waals surface area contributed by atoms with Crippen LogP contribution in [0.2, 0.25) is 0 Å². The number of pyridine rings is 1. The van der Waals surface area contributed by atoms with E-state index in [2.05, 4.69) is 19.3 Å². The van der Waals surface area contributed by atoms with Crippen LogP contribution in [0.25, 0.3) is 0 Å². The molecule has 1 aliphatic heterocycles. The van der Waals surface area contributed by atoms with Gasteiger partial charge in [-0.2, -0.15) is 0 Å². The van der Waals surface area contributed by atoms with E-state index in [0.29, 0.717) is 24.3 Å². The van der Waals surface area contributed by atoms with E-state index in [9.17, 15) is 14.4 Å². The summed E-state index contributed by atoms with van der Waals surface area (Å²) in [6.45, 7) is 4.46. The molecule has 0 saturated heterocycles. The first-order valence-corrected chi connectivity index (χ1v) is 12.4. The van der Waals surface area contributed by atoms with Crippen LogP contribution in [0.1, 0.15) is 59.5 Å². The Kier molecular flexibility index (Phi) is 7.88. The molecule has 1 aromatic heterocycles. The van der Waals surface area contributed by atoms with E-state index >= 15 is 0 Å². The second kappa shape index (κ2) is 11.2. The van der Waals surface area contributed by atoms with Crippen LogP contribution in [-0.2, 0) is 6.61 Å². The minimum Gasteiger partial charge on any atom is -0.482 e. The number of nitrogens with zero attached hydrogens (tertiary/aromatic N) is 2. The molecule has 0 bridgehead atoms. The summed E-state index contributed by atoms with van der Waals surface area (Å²) in [5.74, 6) is 0.329. The molecule has 0 saturated carbocycles. The summed E-state index contributed by atoms with van der Waals surface area (Å²) in [5, 5.41) is 0. The topological polar surface area (TPSA) is 80.6 Å². The molecular weight excluding hydrogens is 454 g/mol. The highest BCUT2D eigenvalue weighted by atomic mass is 16.5.